The van der Waals surface area contributed by atoms with Crippen LogP contribution in [0.3, 0.4) is 0 Å². The molecule has 0 bridgehead atoms. The van der Waals surface area contributed by atoms with Crippen LogP contribution in [0, 0.1) is 0 Å². The van der Waals surface area contributed by atoms with E-state index in [-0.39, 0.29) is 0 Å². The molecule has 0 amide bonds. The summed E-state index contributed by atoms with van der Waals surface area (Å²) in [6.45, 7) is 5.09. The molecule has 0 radical (unpaired) electrons. The van der Waals surface area contributed by atoms with Crippen LogP contribution < -0.4 is 4.74 Å². The lowest BCUT2D eigenvalue weighted by molar-refractivity contribution is 0.252. The summed E-state index contributed by atoms with van der Waals surface area (Å²) in [6.07, 6.45) is 4.71. The van der Waals surface area contributed by atoms with Gasteiger partial charge in [-0.3, -0.25) is 4.90 Å². The van der Waals surface area contributed by atoms with Gasteiger partial charge in [-0.2, -0.15) is 0 Å². The highest BCUT2D eigenvalue weighted by molar-refractivity contribution is 5.28. The second-order valence-corrected chi connectivity index (χ2v) is 5.23. The molecule has 4 nitrogen and oxygen atoms in total. The molecule has 0 aliphatic heterocycles. The number of methoxy groups -OCH3 is 1. The Labute approximate surface area is 126 Å². The van der Waals surface area contributed by atoms with E-state index >= 15 is 0 Å². The molecule has 0 spiro atoms. The Morgan fingerprint density at radius 1 is 1.14 bits per heavy atom. The summed E-state index contributed by atoms with van der Waals surface area (Å²) >= 11 is 0. The van der Waals surface area contributed by atoms with Crippen LogP contribution in [0.1, 0.15) is 36.8 Å². The number of nitrogens with zero attached hydrogens (tertiary/aromatic N) is 3. The fraction of sp³-hybridized carbons (Fsp3) is 0.412. The van der Waals surface area contributed by atoms with Crippen LogP contribution in [0.4, 0.5) is 0 Å². The van der Waals surface area contributed by atoms with Gasteiger partial charge in [0.05, 0.1) is 7.11 Å². The molecular weight excluding hydrogens is 262 g/mol. The van der Waals surface area contributed by atoms with Gasteiger partial charge in [0.1, 0.15) is 11.6 Å². The SMILES string of the molecule is CCc1ncc(CN(C)[C@@H](C)c2ccc(OC)cc2)cn1. The maximum absolute atomic E-state index is 5.20. The predicted molar refractivity (Wildman–Crippen MR) is 84.3 cm³/mol. The minimum Gasteiger partial charge on any atom is -0.497 e. The highest BCUT2D eigenvalue weighted by Crippen LogP contribution is 2.22. The van der Waals surface area contributed by atoms with Crippen molar-refractivity contribution in [2.75, 3.05) is 14.2 Å². The van der Waals surface area contributed by atoms with Crippen LogP contribution in [-0.2, 0) is 13.0 Å². The molecule has 0 aliphatic carbocycles. The molecule has 0 N–H and O–H groups in total. The van der Waals surface area contributed by atoms with E-state index in [1.54, 1.807) is 7.11 Å². The van der Waals surface area contributed by atoms with Gasteiger partial charge in [-0.05, 0) is 31.7 Å². The van der Waals surface area contributed by atoms with Crippen LogP contribution in [0.15, 0.2) is 36.7 Å². The average Bonchev–Trinajstić information content (AvgIpc) is 2.55. The molecule has 112 valence electrons. The Morgan fingerprint density at radius 2 is 1.76 bits per heavy atom. The molecule has 1 atom stereocenters. The molecular formula is C17H23N3O. The lowest BCUT2D eigenvalue weighted by Gasteiger charge is -2.25. The lowest BCUT2D eigenvalue weighted by atomic mass is 10.1. The minimum atomic E-state index is 0.321. The fourth-order valence-corrected chi connectivity index (χ4v) is 2.21. The summed E-state index contributed by atoms with van der Waals surface area (Å²) in [7, 11) is 3.80. The van der Waals surface area contributed by atoms with Crippen molar-refractivity contribution < 1.29 is 4.74 Å². The summed E-state index contributed by atoms with van der Waals surface area (Å²) in [6, 6.07) is 8.53. The van der Waals surface area contributed by atoms with Crippen molar-refractivity contribution in [3.63, 3.8) is 0 Å². The van der Waals surface area contributed by atoms with Crippen LogP contribution in [-0.4, -0.2) is 29.0 Å². The highest BCUT2D eigenvalue weighted by Gasteiger charge is 2.12. The van der Waals surface area contributed by atoms with Crippen molar-refractivity contribution >= 4 is 0 Å². The van der Waals surface area contributed by atoms with Crippen LogP contribution in [0.2, 0.25) is 0 Å². The van der Waals surface area contributed by atoms with Crippen molar-refractivity contribution in [3.8, 4) is 5.75 Å². The van der Waals surface area contributed by atoms with Gasteiger partial charge in [-0.1, -0.05) is 19.1 Å². The maximum atomic E-state index is 5.20. The highest BCUT2D eigenvalue weighted by atomic mass is 16.5. The van der Waals surface area contributed by atoms with E-state index in [2.05, 4.69) is 47.9 Å². The molecule has 2 aromatic rings. The van der Waals surface area contributed by atoms with Crippen molar-refractivity contribution in [1.29, 1.82) is 0 Å². The fourth-order valence-electron chi connectivity index (χ4n) is 2.21. The van der Waals surface area contributed by atoms with E-state index in [9.17, 15) is 0 Å². The third-order valence-electron chi connectivity index (χ3n) is 3.77. The summed E-state index contributed by atoms with van der Waals surface area (Å²) in [5, 5.41) is 0. The second kappa shape index (κ2) is 7.18. The molecule has 1 aromatic carbocycles. The third-order valence-corrected chi connectivity index (χ3v) is 3.77. The van der Waals surface area contributed by atoms with Crippen molar-refractivity contribution in [1.82, 2.24) is 14.9 Å². The average molecular weight is 285 g/mol. The number of aromatic nitrogens is 2. The van der Waals surface area contributed by atoms with Gasteiger partial charge in [-0.25, -0.2) is 9.97 Å². The zero-order valence-electron chi connectivity index (χ0n) is 13.2. The molecule has 2 rings (SSSR count). The Morgan fingerprint density at radius 3 is 2.29 bits per heavy atom. The smallest absolute Gasteiger partial charge is 0.127 e. The number of hydrogen-bond acceptors (Lipinski definition) is 4. The molecule has 0 aliphatic rings. The van der Waals surface area contributed by atoms with Crippen molar-refractivity contribution in [2.24, 2.45) is 0 Å². The zero-order valence-corrected chi connectivity index (χ0v) is 13.2. The molecule has 4 heteroatoms. The molecule has 1 heterocycles. The van der Waals surface area contributed by atoms with E-state index in [0.717, 1.165) is 30.1 Å². The van der Waals surface area contributed by atoms with Gasteiger partial charge in [-0.15, -0.1) is 0 Å². The first-order valence-corrected chi connectivity index (χ1v) is 7.28. The Balaban J connectivity index is 2.01. The van der Waals surface area contributed by atoms with Crippen molar-refractivity contribution in [2.45, 2.75) is 32.9 Å². The maximum Gasteiger partial charge on any atom is 0.127 e. The number of ether oxygens (including phenoxy) is 1. The summed E-state index contributed by atoms with van der Waals surface area (Å²) in [4.78, 5) is 11.0. The minimum absolute atomic E-state index is 0.321. The number of aryl methyl sites for hydroxylation is 1. The monoisotopic (exact) mass is 285 g/mol. The Kier molecular flexibility index (Phi) is 5.28. The quantitative estimate of drug-likeness (QED) is 0.816. The molecule has 1 aromatic heterocycles. The third kappa shape index (κ3) is 4.02. The van der Waals surface area contributed by atoms with Gasteiger partial charge in [0, 0.05) is 37.0 Å². The normalized spacial score (nSPS) is 12.4. The summed E-state index contributed by atoms with van der Waals surface area (Å²) < 4.78 is 5.20. The van der Waals surface area contributed by atoms with E-state index in [0.29, 0.717) is 6.04 Å². The number of benzene rings is 1. The zero-order chi connectivity index (χ0) is 15.2. The Bertz CT molecular complexity index is 551. The molecule has 21 heavy (non-hydrogen) atoms. The number of hydrogen-bond donors (Lipinski definition) is 0. The first-order chi connectivity index (χ1) is 10.1. The lowest BCUT2D eigenvalue weighted by Crippen LogP contribution is -2.22. The summed E-state index contributed by atoms with van der Waals surface area (Å²) in [5.74, 6) is 1.78. The molecule has 0 unspecified atom stereocenters. The van der Waals surface area contributed by atoms with Crippen molar-refractivity contribution in [3.05, 3.63) is 53.6 Å². The standard InChI is InChI=1S/C17H23N3O/c1-5-17-18-10-14(11-19-17)12-20(3)13(2)15-6-8-16(21-4)9-7-15/h6-11,13H,5,12H2,1-4H3/t13-/m0/s1. The van der Waals surface area contributed by atoms with Gasteiger partial charge in [0.25, 0.3) is 0 Å². The Hall–Kier alpha value is -1.94. The van der Waals surface area contributed by atoms with Gasteiger partial charge < -0.3 is 4.74 Å². The number of rotatable bonds is 6. The predicted octanol–water partition coefficient (Wildman–Crippen LogP) is 3.24. The van der Waals surface area contributed by atoms with Gasteiger partial charge in [0.2, 0.25) is 0 Å². The van der Waals surface area contributed by atoms with E-state index in [1.807, 2.05) is 24.5 Å². The topological polar surface area (TPSA) is 38.2 Å². The van der Waals surface area contributed by atoms with Crippen LogP contribution in [0.25, 0.3) is 0 Å². The van der Waals surface area contributed by atoms with Crippen LogP contribution >= 0.6 is 0 Å². The first kappa shape index (κ1) is 15.4. The molecule has 0 fully saturated rings. The second-order valence-electron chi connectivity index (χ2n) is 5.23. The largest absolute Gasteiger partial charge is 0.497 e. The first-order valence-electron chi connectivity index (χ1n) is 7.28. The molecule has 0 saturated heterocycles. The summed E-state index contributed by atoms with van der Waals surface area (Å²) in [5.41, 5.74) is 2.40. The van der Waals surface area contributed by atoms with Crippen LogP contribution in [0.5, 0.6) is 5.75 Å². The van der Waals surface area contributed by atoms with E-state index in [4.69, 9.17) is 4.74 Å². The molecule has 0 saturated carbocycles. The van der Waals surface area contributed by atoms with E-state index in [1.165, 1.54) is 5.56 Å². The van der Waals surface area contributed by atoms with Gasteiger partial charge in [0.15, 0.2) is 0 Å². The van der Waals surface area contributed by atoms with Gasteiger partial charge >= 0.3 is 0 Å². The van der Waals surface area contributed by atoms with E-state index < -0.39 is 0 Å².